The number of Topliss-reactive ketones (excluding diaryl/α,β-unsaturated/α-hetero) is 1. The van der Waals surface area contributed by atoms with Crippen LogP contribution in [0.15, 0.2) is 23.8 Å². The van der Waals surface area contributed by atoms with Gasteiger partial charge in [0.2, 0.25) is 0 Å². The molecule has 6 atom stereocenters. The van der Waals surface area contributed by atoms with Crippen molar-refractivity contribution in [2.24, 2.45) is 34.3 Å². The first-order valence-electron chi connectivity index (χ1n) is 8.60. The van der Waals surface area contributed by atoms with E-state index >= 15 is 0 Å². The molecule has 3 saturated carbocycles. The third-order valence-electron chi connectivity index (χ3n) is 7.36. The topological polar surface area (TPSA) is 60.2 Å². The Hall–Kier alpha value is -1.22. The molecule has 4 aliphatic rings. The Bertz CT molecular complexity index is 619. The second-order valence-corrected chi connectivity index (χ2v) is 8.26. The summed E-state index contributed by atoms with van der Waals surface area (Å²) in [6, 6.07) is -0.0433. The number of ketones is 2. The zero-order valence-corrected chi connectivity index (χ0v) is 13.5. The predicted molar refractivity (Wildman–Crippen MR) is 85.0 cm³/mol. The molecule has 0 aromatic carbocycles. The average Bonchev–Trinajstić information content (AvgIpc) is 2.77. The summed E-state index contributed by atoms with van der Waals surface area (Å²) >= 11 is 0. The SMILES string of the molecule is C[C@]12C=CC(=O)C=C1[C@H](N)C[C@@H]1[C@@H]2CC[C@]2(C)C(=O)CC[C@@H]12. The van der Waals surface area contributed by atoms with Crippen LogP contribution in [0.3, 0.4) is 0 Å². The van der Waals surface area contributed by atoms with Crippen LogP contribution in [0.1, 0.15) is 46.0 Å². The lowest BCUT2D eigenvalue weighted by Crippen LogP contribution is -2.54. The third-order valence-corrected chi connectivity index (χ3v) is 7.36. The van der Waals surface area contributed by atoms with Gasteiger partial charge in [0.05, 0.1) is 0 Å². The zero-order valence-electron chi connectivity index (χ0n) is 13.5. The van der Waals surface area contributed by atoms with Gasteiger partial charge in [0.1, 0.15) is 5.78 Å². The summed E-state index contributed by atoms with van der Waals surface area (Å²) in [5.74, 6) is 2.05. The monoisotopic (exact) mass is 299 g/mol. The highest BCUT2D eigenvalue weighted by atomic mass is 16.1. The second-order valence-electron chi connectivity index (χ2n) is 8.26. The van der Waals surface area contributed by atoms with Gasteiger partial charge in [0.15, 0.2) is 5.78 Å². The van der Waals surface area contributed by atoms with E-state index in [4.69, 9.17) is 5.73 Å². The van der Waals surface area contributed by atoms with E-state index < -0.39 is 0 Å². The number of hydrogen-bond donors (Lipinski definition) is 1. The van der Waals surface area contributed by atoms with E-state index in [1.165, 1.54) is 0 Å². The third kappa shape index (κ3) is 1.66. The predicted octanol–water partition coefficient (Wildman–Crippen LogP) is 2.80. The molecule has 0 unspecified atom stereocenters. The number of carbonyl (C=O) groups is 2. The summed E-state index contributed by atoms with van der Waals surface area (Å²) < 4.78 is 0. The molecule has 0 spiro atoms. The normalized spacial score (nSPS) is 50.2. The first-order chi connectivity index (χ1) is 10.4. The largest absolute Gasteiger partial charge is 0.324 e. The minimum Gasteiger partial charge on any atom is -0.324 e. The number of rotatable bonds is 0. The lowest BCUT2D eigenvalue weighted by Gasteiger charge is -2.57. The molecule has 0 bridgehead atoms. The van der Waals surface area contributed by atoms with Crippen LogP contribution in [0.2, 0.25) is 0 Å². The van der Waals surface area contributed by atoms with Crippen molar-refractivity contribution in [3.05, 3.63) is 23.8 Å². The van der Waals surface area contributed by atoms with Gasteiger partial charge < -0.3 is 5.73 Å². The van der Waals surface area contributed by atoms with Gasteiger partial charge in [-0.15, -0.1) is 0 Å². The molecule has 0 aromatic rings. The van der Waals surface area contributed by atoms with E-state index in [1.54, 1.807) is 12.2 Å². The molecule has 0 aliphatic heterocycles. The molecule has 3 fully saturated rings. The highest BCUT2D eigenvalue weighted by molar-refractivity contribution is 6.01. The van der Waals surface area contributed by atoms with Crippen LogP contribution in [0.25, 0.3) is 0 Å². The fourth-order valence-corrected chi connectivity index (χ4v) is 6.10. The summed E-state index contributed by atoms with van der Waals surface area (Å²) in [5, 5.41) is 0. The Labute approximate surface area is 132 Å². The molecule has 3 heteroatoms. The summed E-state index contributed by atoms with van der Waals surface area (Å²) in [5.41, 5.74) is 7.37. The molecular weight excluding hydrogens is 274 g/mol. The van der Waals surface area contributed by atoms with Gasteiger partial charge in [0, 0.05) is 23.3 Å². The molecule has 0 heterocycles. The van der Waals surface area contributed by atoms with Crippen LogP contribution in [0.5, 0.6) is 0 Å². The van der Waals surface area contributed by atoms with Gasteiger partial charge in [-0.25, -0.2) is 0 Å². The summed E-state index contributed by atoms with van der Waals surface area (Å²) in [6.07, 6.45) is 10.4. The molecule has 4 rings (SSSR count). The van der Waals surface area contributed by atoms with Crippen LogP contribution in [0.4, 0.5) is 0 Å². The lowest BCUT2D eigenvalue weighted by molar-refractivity contribution is -0.131. The molecule has 2 N–H and O–H groups in total. The molecular formula is C19H25NO2. The minimum atomic E-state index is -0.118. The maximum atomic E-state index is 12.4. The number of allylic oxidation sites excluding steroid dienone is 3. The number of hydrogen-bond acceptors (Lipinski definition) is 3. The fraction of sp³-hybridized carbons (Fsp3) is 0.684. The molecule has 3 nitrogen and oxygen atoms in total. The van der Waals surface area contributed by atoms with Crippen molar-refractivity contribution in [3.8, 4) is 0 Å². The van der Waals surface area contributed by atoms with Crippen LogP contribution in [0, 0.1) is 28.6 Å². The molecule has 4 aliphatic carbocycles. The van der Waals surface area contributed by atoms with E-state index in [0.29, 0.717) is 23.5 Å². The smallest absolute Gasteiger partial charge is 0.178 e. The van der Waals surface area contributed by atoms with Gasteiger partial charge in [-0.1, -0.05) is 19.9 Å². The minimum absolute atomic E-state index is 0.0433. The van der Waals surface area contributed by atoms with Crippen molar-refractivity contribution in [3.63, 3.8) is 0 Å². The Balaban J connectivity index is 1.76. The van der Waals surface area contributed by atoms with Crippen molar-refractivity contribution >= 4 is 11.6 Å². The summed E-state index contributed by atoms with van der Waals surface area (Å²) in [6.45, 7) is 4.43. The number of fused-ring (bicyclic) bond motifs is 5. The van der Waals surface area contributed by atoms with E-state index in [-0.39, 0.29) is 22.7 Å². The van der Waals surface area contributed by atoms with Crippen LogP contribution < -0.4 is 5.73 Å². The first-order valence-corrected chi connectivity index (χ1v) is 8.60. The van der Waals surface area contributed by atoms with Crippen molar-refractivity contribution in [1.29, 1.82) is 0 Å². The second kappa shape index (κ2) is 4.41. The quantitative estimate of drug-likeness (QED) is 0.748. The maximum Gasteiger partial charge on any atom is 0.178 e. The van der Waals surface area contributed by atoms with E-state index in [2.05, 4.69) is 19.9 Å². The highest BCUT2D eigenvalue weighted by Gasteiger charge is 2.59. The van der Waals surface area contributed by atoms with Gasteiger partial charge in [-0.2, -0.15) is 0 Å². The van der Waals surface area contributed by atoms with Crippen LogP contribution in [-0.2, 0) is 9.59 Å². The van der Waals surface area contributed by atoms with Crippen molar-refractivity contribution in [2.75, 3.05) is 0 Å². The van der Waals surface area contributed by atoms with Crippen molar-refractivity contribution in [1.82, 2.24) is 0 Å². The van der Waals surface area contributed by atoms with Crippen LogP contribution >= 0.6 is 0 Å². The molecule has 0 radical (unpaired) electrons. The van der Waals surface area contributed by atoms with Crippen molar-refractivity contribution < 1.29 is 9.59 Å². The van der Waals surface area contributed by atoms with E-state index in [1.807, 2.05) is 0 Å². The number of nitrogens with two attached hydrogens (primary N) is 1. The fourth-order valence-electron chi connectivity index (χ4n) is 6.10. The Morgan fingerprint density at radius 2 is 1.95 bits per heavy atom. The first kappa shape index (κ1) is 14.4. The Morgan fingerprint density at radius 1 is 1.18 bits per heavy atom. The highest BCUT2D eigenvalue weighted by Crippen LogP contribution is 2.63. The molecule has 22 heavy (non-hydrogen) atoms. The molecule has 118 valence electrons. The molecule has 0 amide bonds. The van der Waals surface area contributed by atoms with E-state index in [9.17, 15) is 9.59 Å². The lowest BCUT2D eigenvalue weighted by atomic mass is 9.47. The molecule has 0 saturated heterocycles. The van der Waals surface area contributed by atoms with Gasteiger partial charge in [-0.05, 0) is 61.2 Å². The average molecular weight is 299 g/mol. The summed E-state index contributed by atoms with van der Waals surface area (Å²) in [4.78, 5) is 24.2. The van der Waals surface area contributed by atoms with E-state index in [0.717, 1.165) is 37.7 Å². The molecule has 0 aromatic heterocycles. The standard InChI is InChI=1S/C19H25NO2/c1-18-7-5-11(21)9-15(18)16(20)10-12-13-3-4-17(22)19(13,2)8-6-14(12)18/h5,7,9,12-14,16H,3-4,6,8,10,20H2,1-2H3/t12-,13-,14-,16+,18+,19-/m0/s1. The summed E-state index contributed by atoms with van der Waals surface area (Å²) in [7, 11) is 0. The van der Waals surface area contributed by atoms with Crippen LogP contribution in [-0.4, -0.2) is 17.6 Å². The van der Waals surface area contributed by atoms with Crippen molar-refractivity contribution in [2.45, 2.75) is 52.0 Å². The van der Waals surface area contributed by atoms with Gasteiger partial charge in [-0.3, -0.25) is 9.59 Å². The number of carbonyl (C=O) groups excluding carboxylic acids is 2. The van der Waals surface area contributed by atoms with Gasteiger partial charge >= 0.3 is 0 Å². The maximum absolute atomic E-state index is 12.4. The zero-order chi connectivity index (χ0) is 15.7. The van der Waals surface area contributed by atoms with Gasteiger partial charge in [0.25, 0.3) is 0 Å². The Kier molecular flexibility index (Phi) is 2.88. The Morgan fingerprint density at radius 3 is 2.73 bits per heavy atom.